The molecule has 3 nitrogen and oxygen atoms in total. The summed E-state index contributed by atoms with van der Waals surface area (Å²) in [5.74, 6) is 1.79. The molecule has 0 amide bonds. The highest BCUT2D eigenvalue weighted by molar-refractivity contribution is 7.98. The Kier molecular flexibility index (Phi) is 3.88. The van der Waals surface area contributed by atoms with Crippen molar-refractivity contribution in [2.75, 3.05) is 7.11 Å². The number of hydrogen-bond donors (Lipinski definition) is 0. The molecule has 0 fully saturated rings. The number of para-hydroxylation sites is 2. The number of aromatic nitrogens is 2. The summed E-state index contributed by atoms with van der Waals surface area (Å²) in [6.45, 7) is 2.10. The van der Waals surface area contributed by atoms with Gasteiger partial charge in [-0.1, -0.05) is 41.6 Å². The molecule has 1 aromatic heterocycles. The van der Waals surface area contributed by atoms with E-state index in [-0.39, 0.29) is 0 Å². The monoisotopic (exact) mass is 298 g/mol. The van der Waals surface area contributed by atoms with E-state index in [0.29, 0.717) is 0 Å². The molecule has 0 aliphatic rings. The Balaban J connectivity index is 1.87. The minimum Gasteiger partial charge on any atom is -0.496 e. The third-order valence-corrected chi connectivity index (χ3v) is 4.62. The molecule has 0 aliphatic carbocycles. The SMILES string of the molecule is COc1ccc(C)cc1CSc1nc2ccccc2n1C. The van der Waals surface area contributed by atoms with Gasteiger partial charge in [0.15, 0.2) is 5.16 Å². The lowest BCUT2D eigenvalue weighted by molar-refractivity contribution is 0.411. The van der Waals surface area contributed by atoms with Crippen molar-refractivity contribution in [1.82, 2.24) is 9.55 Å². The predicted octanol–water partition coefficient (Wildman–Crippen LogP) is 4.18. The highest BCUT2D eigenvalue weighted by atomic mass is 32.2. The summed E-state index contributed by atoms with van der Waals surface area (Å²) in [6.07, 6.45) is 0. The first-order valence-electron chi connectivity index (χ1n) is 6.87. The number of benzene rings is 2. The van der Waals surface area contributed by atoms with Crippen molar-refractivity contribution in [1.29, 1.82) is 0 Å². The first kappa shape index (κ1) is 14.0. The zero-order chi connectivity index (χ0) is 14.8. The van der Waals surface area contributed by atoms with Crippen LogP contribution in [0.2, 0.25) is 0 Å². The molecule has 21 heavy (non-hydrogen) atoms. The molecule has 1 heterocycles. The Bertz CT molecular complexity index is 780. The second kappa shape index (κ2) is 5.82. The fraction of sp³-hybridized carbons (Fsp3) is 0.235. The molecule has 0 aliphatic heterocycles. The molecule has 2 aromatic carbocycles. The second-order valence-corrected chi connectivity index (χ2v) is 5.99. The fourth-order valence-corrected chi connectivity index (χ4v) is 3.38. The van der Waals surface area contributed by atoms with E-state index in [1.165, 1.54) is 11.1 Å². The molecule has 3 rings (SSSR count). The quantitative estimate of drug-likeness (QED) is 0.676. The van der Waals surface area contributed by atoms with Crippen LogP contribution < -0.4 is 4.74 Å². The minimum atomic E-state index is 0.849. The van der Waals surface area contributed by atoms with Gasteiger partial charge in [-0.25, -0.2) is 4.98 Å². The standard InChI is InChI=1S/C17H18N2OS/c1-12-8-9-16(20-3)13(10-12)11-21-17-18-14-6-4-5-7-15(14)19(17)2/h4-10H,11H2,1-3H3. The maximum atomic E-state index is 5.44. The van der Waals surface area contributed by atoms with Crippen LogP contribution in [0.4, 0.5) is 0 Å². The van der Waals surface area contributed by atoms with E-state index in [1.54, 1.807) is 18.9 Å². The molecule has 0 bridgehead atoms. The number of methoxy groups -OCH3 is 1. The summed E-state index contributed by atoms with van der Waals surface area (Å²) in [6, 6.07) is 14.5. The molecule has 0 N–H and O–H groups in total. The lowest BCUT2D eigenvalue weighted by atomic mass is 10.1. The van der Waals surface area contributed by atoms with Gasteiger partial charge >= 0.3 is 0 Å². The van der Waals surface area contributed by atoms with Gasteiger partial charge < -0.3 is 9.30 Å². The van der Waals surface area contributed by atoms with Crippen LogP contribution in [0.1, 0.15) is 11.1 Å². The normalized spacial score (nSPS) is 11.0. The third-order valence-electron chi connectivity index (χ3n) is 3.54. The molecule has 3 aromatic rings. The van der Waals surface area contributed by atoms with E-state index in [0.717, 1.165) is 27.7 Å². The lowest BCUT2D eigenvalue weighted by Gasteiger charge is -2.09. The van der Waals surface area contributed by atoms with Gasteiger partial charge in [0.25, 0.3) is 0 Å². The topological polar surface area (TPSA) is 27.1 Å². The third kappa shape index (κ3) is 2.76. The summed E-state index contributed by atoms with van der Waals surface area (Å²) in [5.41, 5.74) is 4.65. The van der Waals surface area contributed by atoms with Crippen molar-refractivity contribution in [3.63, 3.8) is 0 Å². The molecule has 108 valence electrons. The molecular weight excluding hydrogens is 280 g/mol. The molecule has 0 saturated heterocycles. The van der Waals surface area contributed by atoms with Crippen LogP contribution in [0.5, 0.6) is 5.75 Å². The fourth-order valence-electron chi connectivity index (χ4n) is 2.41. The van der Waals surface area contributed by atoms with Crippen LogP contribution in [-0.4, -0.2) is 16.7 Å². The van der Waals surface area contributed by atoms with Gasteiger partial charge in [0.05, 0.1) is 18.1 Å². The first-order chi connectivity index (χ1) is 10.2. The van der Waals surface area contributed by atoms with E-state index < -0.39 is 0 Å². The van der Waals surface area contributed by atoms with Crippen molar-refractivity contribution < 1.29 is 4.74 Å². The Labute approximate surface area is 129 Å². The van der Waals surface area contributed by atoms with Crippen LogP contribution in [-0.2, 0) is 12.8 Å². The Morgan fingerprint density at radius 1 is 1.19 bits per heavy atom. The summed E-state index contributed by atoms with van der Waals surface area (Å²) in [5, 5.41) is 1.03. The van der Waals surface area contributed by atoms with E-state index >= 15 is 0 Å². The molecule has 4 heteroatoms. The predicted molar refractivity (Wildman–Crippen MR) is 88.0 cm³/mol. The van der Waals surface area contributed by atoms with Crippen molar-refractivity contribution >= 4 is 22.8 Å². The van der Waals surface area contributed by atoms with E-state index in [4.69, 9.17) is 9.72 Å². The summed E-state index contributed by atoms with van der Waals surface area (Å²) < 4.78 is 7.58. The van der Waals surface area contributed by atoms with Gasteiger partial charge in [-0.2, -0.15) is 0 Å². The maximum absolute atomic E-state index is 5.44. The molecule has 0 saturated carbocycles. The number of ether oxygens (including phenoxy) is 1. The molecule has 0 atom stereocenters. The Morgan fingerprint density at radius 2 is 2.00 bits per heavy atom. The van der Waals surface area contributed by atoms with E-state index in [9.17, 15) is 0 Å². The second-order valence-electron chi connectivity index (χ2n) is 5.05. The number of aryl methyl sites for hydroxylation is 2. The number of nitrogens with zero attached hydrogens (tertiary/aromatic N) is 2. The van der Waals surface area contributed by atoms with Gasteiger partial charge in [-0.15, -0.1) is 0 Å². The van der Waals surface area contributed by atoms with Crippen LogP contribution in [0, 0.1) is 6.92 Å². The first-order valence-corrected chi connectivity index (χ1v) is 7.85. The van der Waals surface area contributed by atoms with E-state index in [1.807, 2.05) is 24.3 Å². The molecule has 0 spiro atoms. The largest absolute Gasteiger partial charge is 0.496 e. The summed E-state index contributed by atoms with van der Waals surface area (Å²) in [7, 11) is 3.78. The van der Waals surface area contributed by atoms with Gasteiger partial charge in [0.2, 0.25) is 0 Å². The number of imidazole rings is 1. The highest BCUT2D eigenvalue weighted by Crippen LogP contribution is 2.29. The van der Waals surface area contributed by atoms with Crippen molar-refractivity contribution in [2.45, 2.75) is 17.8 Å². The average molecular weight is 298 g/mol. The number of rotatable bonds is 4. The zero-order valence-corrected chi connectivity index (χ0v) is 13.3. The van der Waals surface area contributed by atoms with E-state index in [2.05, 4.69) is 36.7 Å². The van der Waals surface area contributed by atoms with Crippen LogP contribution in [0.25, 0.3) is 11.0 Å². The van der Waals surface area contributed by atoms with Gasteiger partial charge in [-0.05, 0) is 25.1 Å². The molecule has 0 unspecified atom stereocenters. The lowest BCUT2D eigenvalue weighted by Crippen LogP contribution is -1.94. The molecular formula is C17H18N2OS. The van der Waals surface area contributed by atoms with Crippen LogP contribution in [0.15, 0.2) is 47.6 Å². The van der Waals surface area contributed by atoms with Gasteiger partial charge in [0, 0.05) is 18.4 Å². The Hall–Kier alpha value is -1.94. The smallest absolute Gasteiger partial charge is 0.169 e. The highest BCUT2D eigenvalue weighted by Gasteiger charge is 2.10. The number of thioether (sulfide) groups is 1. The van der Waals surface area contributed by atoms with Crippen molar-refractivity contribution in [3.8, 4) is 5.75 Å². The zero-order valence-electron chi connectivity index (χ0n) is 12.5. The maximum Gasteiger partial charge on any atom is 0.169 e. The summed E-state index contributed by atoms with van der Waals surface area (Å²) >= 11 is 1.74. The van der Waals surface area contributed by atoms with Crippen molar-refractivity contribution in [2.24, 2.45) is 7.05 Å². The Morgan fingerprint density at radius 3 is 2.76 bits per heavy atom. The van der Waals surface area contributed by atoms with Crippen molar-refractivity contribution in [3.05, 3.63) is 53.6 Å². The van der Waals surface area contributed by atoms with Crippen LogP contribution >= 0.6 is 11.8 Å². The van der Waals surface area contributed by atoms with Gasteiger partial charge in [-0.3, -0.25) is 0 Å². The number of hydrogen-bond acceptors (Lipinski definition) is 3. The average Bonchev–Trinajstić information content (AvgIpc) is 2.82. The van der Waals surface area contributed by atoms with Gasteiger partial charge in [0.1, 0.15) is 5.75 Å². The minimum absolute atomic E-state index is 0.849. The van der Waals surface area contributed by atoms with Crippen LogP contribution in [0.3, 0.4) is 0 Å². The number of fused-ring (bicyclic) bond motifs is 1. The molecule has 0 radical (unpaired) electrons. The summed E-state index contributed by atoms with van der Waals surface area (Å²) in [4.78, 5) is 4.69.